The maximum atomic E-state index is 13.9. The second-order valence-corrected chi connectivity index (χ2v) is 10.7. The van der Waals surface area contributed by atoms with Gasteiger partial charge in [-0.3, -0.25) is 24.0 Å². The maximum absolute atomic E-state index is 13.9. The first kappa shape index (κ1) is 25.2. The molecule has 2 aromatic heterocycles. The molecule has 0 bridgehead atoms. The Hall–Kier alpha value is -3.47. The van der Waals surface area contributed by atoms with Crippen molar-refractivity contribution in [3.05, 3.63) is 92.0 Å². The predicted octanol–water partition coefficient (Wildman–Crippen LogP) is 5.71. The van der Waals surface area contributed by atoms with Gasteiger partial charge in [-0.2, -0.15) is 5.10 Å². The summed E-state index contributed by atoms with van der Waals surface area (Å²) in [5, 5.41) is 8.43. The predicted molar refractivity (Wildman–Crippen MR) is 144 cm³/mol. The Kier molecular flexibility index (Phi) is 7.14. The summed E-state index contributed by atoms with van der Waals surface area (Å²) in [6.45, 7) is 2.46. The molecule has 0 unspecified atom stereocenters. The molecule has 0 atom stereocenters. The number of thioether (sulfide) groups is 1. The number of nitrogens with one attached hydrogen (secondary N) is 1. The van der Waals surface area contributed by atoms with E-state index in [1.165, 1.54) is 29.5 Å². The van der Waals surface area contributed by atoms with Gasteiger partial charge in [-0.15, -0.1) is 11.3 Å². The van der Waals surface area contributed by atoms with E-state index in [9.17, 15) is 18.8 Å². The number of hydrogen-bond acceptors (Lipinski definition) is 6. The summed E-state index contributed by atoms with van der Waals surface area (Å²) in [6.07, 6.45) is 1.37. The quantitative estimate of drug-likeness (QED) is 0.296. The molecule has 0 radical (unpaired) electrons. The van der Waals surface area contributed by atoms with E-state index >= 15 is 0 Å². The highest BCUT2D eigenvalue weighted by molar-refractivity contribution is 8.18. The summed E-state index contributed by atoms with van der Waals surface area (Å²) < 4.78 is 15.8. The molecule has 0 aliphatic carbocycles. The van der Waals surface area contributed by atoms with Crippen LogP contribution in [0.25, 0.3) is 16.3 Å². The number of thiophene rings is 1. The van der Waals surface area contributed by atoms with Crippen LogP contribution in [-0.4, -0.2) is 44.8 Å². The summed E-state index contributed by atoms with van der Waals surface area (Å²) in [5.41, 5.74) is 1.96. The second-order valence-electron chi connectivity index (χ2n) is 8.27. The van der Waals surface area contributed by atoms with Crippen LogP contribution in [0.5, 0.6) is 0 Å². The number of rotatable bonds is 7. The number of aromatic nitrogens is 2. The van der Waals surface area contributed by atoms with E-state index in [0.29, 0.717) is 16.4 Å². The highest BCUT2D eigenvalue weighted by Crippen LogP contribution is 2.33. The normalized spacial score (nSPS) is 14.8. The van der Waals surface area contributed by atoms with Crippen LogP contribution in [0.3, 0.4) is 0 Å². The van der Waals surface area contributed by atoms with Crippen LogP contribution in [0.4, 0.5) is 9.18 Å². The molecular weight excluding hydrogens is 535 g/mol. The second kappa shape index (κ2) is 10.5. The zero-order chi connectivity index (χ0) is 26.1. The zero-order valence-corrected chi connectivity index (χ0v) is 21.9. The van der Waals surface area contributed by atoms with Gasteiger partial charge in [0, 0.05) is 29.1 Å². The summed E-state index contributed by atoms with van der Waals surface area (Å²) in [5.74, 6) is -1.29. The summed E-state index contributed by atoms with van der Waals surface area (Å²) in [6, 6.07) is 15.3. The molecule has 2 aromatic carbocycles. The van der Waals surface area contributed by atoms with E-state index in [4.69, 9.17) is 11.6 Å². The summed E-state index contributed by atoms with van der Waals surface area (Å²) >= 11 is 8.37. The molecule has 1 N–H and O–H groups in total. The topological polar surface area (TPSA) is 84.3 Å². The van der Waals surface area contributed by atoms with Crippen LogP contribution in [-0.2, 0) is 11.3 Å². The third kappa shape index (κ3) is 5.18. The molecule has 1 saturated heterocycles. The molecule has 7 nitrogen and oxygen atoms in total. The minimum Gasteiger partial charge on any atom is -0.350 e. The number of fused-ring (bicyclic) bond motifs is 1. The van der Waals surface area contributed by atoms with Crippen molar-refractivity contribution in [3.63, 3.8) is 0 Å². The molecule has 3 amide bonds. The number of hydrogen-bond donors (Lipinski definition) is 1. The monoisotopic (exact) mass is 554 g/mol. The Morgan fingerprint density at radius 2 is 1.92 bits per heavy atom. The Morgan fingerprint density at radius 1 is 1.16 bits per heavy atom. The molecule has 1 fully saturated rings. The number of nitrogens with zero attached hydrogens (tertiary/aromatic N) is 3. The number of benzene rings is 2. The average molecular weight is 555 g/mol. The molecule has 3 heterocycles. The molecule has 188 valence electrons. The van der Waals surface area contributed by atoms with Gasteiger partial charge in [-0.1, -0.05) is 48.0 Å². The Bertz CT molecular complexity index is 1580. The molecule has 0 spiro atoms. The lowest BCUT2D eigenvalue weighted by Gasteiger charge is -2.12. The molecular formula is C26H20ClFN4O3S2. The van der Waals surface area contributed by atoms with E-state index in [1.807, 2.05) is 35.9 Å². The standard InChI is InChI=1S/C26H20ClFN4O3S2/c1-15-18-13-21(36-25(18)32(30-15)14-17-7-2-4-8-19(17)27)23(33)29-10-11-31-24(34)22(37-26(31)35)12-16-6-3-5-9-20(16)28/h2-9,12-13H,10-11,14H2,1H3,(H,29,33). The minimum atomic E-state index is -0.510. The van der Waals surface area contributed by atoms with Crippen LogP contribution < -0.4 is 5.32 Å². The Labute approximate surface area is 224 Å². The minimum absolute atomic E-state index is 0.00915. The summed E-state index contributed by atoms with van der Waals surface area (Å²) in [7, 11) is 0. The fourth-order valence-corrected chi connectivity index (χ4v) is 6.04. The third-order valence-corrected chi connectivity index (χ3v) is 8.22. The number of imide groups is 1. The van der Waals surface area contributed by atoms with E-state index < -0.39 is 17.0 Å². The van der Waals surface area contributed by atoms with E-state index in [-0.39, 0.29) is 29.5 Å². The molecule has 5 rings (SSSR count). The average Bonchev–Trinajstić information content (AvgIpc) is 3.52. The number of amides is 3. The smallest absolute Gasteiger partial charge is 0.293 e. The maximum Gasteiger partial charge on any atom is 0.293 e. The Balaban J connectivity index is 1.24. The number of carbonyl (C=O) groups excluding carboxylic acids is 3. The SMILES string of the molecule is Cc1nn(Cc2ccccc2Cl)c2sc(C(=O)NCCN3C(=O)SC(=Cc4ccccc4F)C3=O)cc12. The van der Waals surface area contributed by atoms with Gasteiger partial charge in [0.05, 0.1) is 22.0 Å². The van der Waals surface area contributed by atoms with Crippen molar-refractivity contribution in [2.24, 2.45) is 0 Å². The first-order valence-corrected chi connectivity index (χ1v) is 13.3. The highest BCUT2D eigenvalue weighted by atomic mass is 35.5. The van der Waals surface area contributed by atoms with Crippen molar-refractivity contribution >= 4 is 68.0 Å². The largest absolute Gasteiger partial charge is 0.350 e. The number of carbonyl (C=O) groups is 3. The van der Waals surface area contributed by atoms with E-state index in [0.717, 1.165) is 38.1 Å². The fraction of sp³-hybridized carbons (Fsp3) is 0.154. The van der Waals surface area contributed by atoms with Crippen molar-refractivity contribution in [2.75, 3.05) is 13.1 Å². The number of halogens is 2. The third-order valence-electron chi connectivity index (χ3n) is 5.80. The van der Waals surface area contributed by atoms with Gasteiger partial charge in [0.2, 0.25) is 0 Å². The molecule has 37 heavy (non-hydrogen) atoms. The van der Waals surface area contributed by atoms with Gasteiger partial charge >= 0.3 is 0 Å². The molecule has 4 aromatic rings. The van der Waals surface area contributed by atoms with Crippen LogP contribution in [0.15, 0.2) is 59.5 Å². The van der Waals surface area contributed by atoms with Crippen molar-refractivity contribution in [1.82, 2.24) is 20.0 Å². The summed E-state index contributed by atoms with van der Waals surface area (Å²) in [4.78, 5) is 40.4. The lowest BCUT2D eigenvalue weighted by Crippen LogP contribution is -2.37. The van der Waals surface area contributed by atoms with Crippen molar-refractivity contribution in [3.8, 4) is 0 Å². The van der Waals surface area contributed by atoms with Gasteiger partial charge in [-0.25, -0.2) is 4.39 Å². The highest BCUT2D eigenvalue weighted by Gasteiger charge is 2.35. The first-order chi connectivity index (χ1) is 17.8. The van der Waals surface area contributed by atoms with Crippen LogP contribution in [0.2, 0.25) is 5.02 Å². The van der Waals surface area contributed by atoms with Crippen LogP contribution in [0.1, 0.15) is 26.5 Å². The van der Waals surface area contributed by atoms with Crippen molar-refractivity contribution < 1.29 is 18.8 Å². The lowest BCUT2D eigenvalue weighted by molar-refractivity contribution is -0.122. The number of aryl methyl sites for hydroxylation is 1. The van der Waals surface area contributed by atoms with Crippen molar-refractivity contribution in [2.45, 2.75) is 13.5 Å². The molecule has 0 saturated carbocycles. The fourth-order valence-electron chi connectivity index (χ4n) is 3.91. The van der Waals surface area contributed by atoms with Crippen molar-refractivity contribution in [1.29, 1.82) is 0 Å². The van der Waals surface area contributed by atoms with Crippen LogP contribution in [0, 0.1) is 12.7 Å². The van der Waals surface area contributed by atoms with Crippen LogP contribution >= 0.6 is 34.7 Å². The van der Waals surface area contributed by atoms with Gasteiger partial charge in [0.1, 0.15) is 10.6 Å². The van der Waals surface area contributed by atoms with Gasteiger partial charge in [0.25, 0.3) is 17.1 Å². The molecule has 1 aliphatic heterocycles. The van der Waals surface area contributed by atoms with Gasteiger partial charge in [0.15, 0.2) is 0 Å². The van der Waals surface area contributed by atoms with E-state index in [1.54, 1.807) is 18.2 Å². The molecule has 1 aliphatic rings. The zero-order valence-electron chi connectivity index (χ0n) is 19.5. The Morgan fingerprint density at radius 3 is 2.70 bits per heavy atom. The lowest BCUT2D eigenvalue weighted by atomic mass is 10.2. The first-order valence-electron chi connectivity index (χ1n) is 11.3. The van der Waals surface area contributed by atoms with E-state index in [2.05, 4.69) is 10.4 Å². The van der Waals surface area contributed by atoms with Gasteiger partial charge in [-0.05, 0) is 48.5 Å². The van der Waals surface area contributed by atoms with Gasteiger partial charge < -0.3 is 5.32 Å². The molecule has 11 heteroatoms.